The van der Waals surface area contributed by atoms with Crippen molar-refractivity contribution in [2.45, 2.75) is 19.9 Å². The van der Waals surface area contributed by atoms with Gasteiger partial charge in [-0.3, -0.25) is 4.90 Å². The topological polar surface area (TPSA) is 56.0 Å². The van der Waals surface area contributed by atoms with Crippen molar-refractivity contribution >= 4 is 5.82 Å². The minimum atomic E-state index is 0.244. The van der Waals surface area contributed by atoms with Crippen LogP contribution in [0.1, 0.15) is 19.7 Å². The quantitative estimate of drug-likeness (QED) is 0.756. The van der Waals surface area contributed by atoms with Crippen LogP contribution in [0.25, 0.3) is 0 Å². The van der Waals surface area contributed by atoms with E-state index in [0.717, 1.165) is 32.0 Å². The second kappa shape index (κ2) is 5.11. The van der Waals surface area contributed by atoms with Crippen molar-refractivity contribution < 1.29 is 0 Å². The first kappa shape index (κ1) is 11.8. The Hall–Kier alpha value is -1.67. The Bertz CT molecular complexity index is 415. The molecule has 90 valence electrons. The van der Waals surface area contributed by atoms with Gasteiger partial charge in [0.15, 0.2) is 0 Å². The maximum atomic E-state index is 8.77. The molecule has 1 aliphatic heterocycles. The summed E-state index contributed by atoms with van der Waals surface area (Å²) in [7, 11) is 0. The maximum Gasteiger partial charge on any atom is 0.234 e. The average molecular weight is 231 g/mol. The van der Waals surface area contributed by atoms with E-state index in [4.69, 9.17) is 5.26 Å². The Morgan fingerprint density at radius 2 is 2.00 bits per heavy atom. The van der Waals surface area contributed by atoms with Crippen LogP contribution in [0, 0.1) is 11.3 Å². The summed E-state index contributed by atoms with van der Waals surface area (Å²) >= 11 is 0. The molecule has 17 heavy (non-hydrogen) atoms. The summed E-state index contributed by atoms with van der Waals surface area (Å²) in [5, 5.41) is 8.77. The summed E-state index contributed by atoms with van der Waals surface area (Å²) in [6.07, 6.45) is 1.65. The molecule has 2 rings (SSSR count). The smallest absolute Gasteiger partial charge is 0.234 e. The zero-order valence-corrected chi connectivity index (χ0v) is 10.3. The molecule has 1 aromatic rings. The molecule has 0 aromatic carbocycles. The SMILES string of the molecule is CC(C)N1CCN(c2ccnc(C#N)n2)CC1. The lowest BCUT2D eigenvalue weighted by Crippen LogP contribution is -2.49. The molecule has 1 fully saturated rings. The molecule has 0 amide bonds. The molecule has 0 saturated carbocycles. The van der Waals surface area contributed by atoms with Crippen molar-refractivity contribution in [3.63, 3.8) is 0 Å². The second-order valence-electron chi connectivity index (χ2n) is 4.47. The Balaban J connectivity index is 2.03. The predicted molar refractivity (Wildman–Crippen MR) is 65.7 cm³/mol. The van der Waals surface area contributed by atoms with Gasteiger partial charge in [0.1, 0.15) is 11.9 Å². The largest absolute Gasteiger partial charge is 0.354 e. The first-order valence-electron chi connectivity index (χ1n) is 5.93. The molecule has 5 heteroatoms. The van der Waals surface area contributed by atoms with Crippen LogP contribution < -0.4 is 4.90 Å². The van der Waals surface area contributed by atoms with Gasteiger partial charge in [-0.25, -0.2) is 9.97 Å². The summed E-state index contributed by atoms with van der Waals surface area (Å²) < 4.78 is 0. The third-order valence-corrected chi connectivity index (χ3v) is 3.11. The third-order valence-electron chi connectivity index (χ3n) is 3.11. The number of hydrogen-bond acceptors (Lipinski definition) is 5. The fourth-order valence-corrected chi connectivity index (χ4v) is 2.05. The summed E-state index contributed by atoms with van der Waals surface area (Å²) in [4.78, 5) is 12.8. The highest BCUT2D eigenvalue weighted by atomic mass is 15.3. The van der Waals surface area contributed by atoms with E-state index in [0.29, 0.717) is 6.04 Å². The monoisotopic (exact) mass is 231 g/mol. The molecule has 0 N–H and O–H groups in total. The van der Waals surface area contributed by atoms with Gasteiger partial charge in [-0.2, -0.15) is 5.26 Å². The molecule has 1 saturated heterocycles. The van der Waals surface area contributed by atoms with Crippen molar-refractivity contribution in [3.8, 4) is 6.07 Å². The van der Waals surface area contributed by atoms with Crippen molar-refractivity contribution in [3.05, 3.63) is 18.1 Å². The van der Waals surface area contributed by atoms with E-state index in [9.17, 15) is 0 Å². The number of hydrogen-bond donors (Lipinski definition) is 0. The Morgan fingerprint density at radius 1 is 1.29 bits per heavy atom. The van der Waals surface area contributed by atoms with Crippen LogP contribution >= 0.6 is 0 Å². The number of aromatic nitrogens is 2. The lowest BCUT2D eigenvalue weighted by atomic mass is 10.2. The number of anilines is 1. The van der Waals surface area contributed by atoms with Crippen LogP contribution in [0.3, 0.4) is 0 Å². The molecule has 1 aliphatic rings. The van der Waals surface area contributed by atoms with Gasteiger partial charge in [-0.1, -0.05) is 0 Å². The van der Waals surface area contributed by atoms with Crippen LogP contribution in [0.5, 0.6) is 0 Å². The number of nitrogens with zero attached hydrogens (tertiary/aromatic N) is 5. The second-order valence-corrected chi connectivity index (χ2v) is 4.47. The lowest BCUT2D eigenvalue weighted by Gasteiger charge is -2.37. The van der Waals surface area contributed by atoms with E-state index in [1.165, 1.54) is 0 Å². The molecule has 0 radical (unpaired) electrons. The van der Waals surface area contributed by atoms with Gasteiger partial charge in [0.05, 0.1) is 0 Å². The van der Waals surface area contributed by atoms with Crippen molar-refractivity contribution in [1.82, 2.24) is 14.9 Å². The maximum absolute atomic E-state index is 8.77. The summed E-state index contributed by atoms with van der Waals surface area (Å²) in [5.41, 5.74) is 0. The van der Waals surface area contributed by atoms with E-state index < -0.39 is 0 Å². The normalized spacial score (nSPS) is 17.2. The molecule has 0 aliphatic carbocycles. The van der Waals surface area contributed by atoms with Crippen LogP contribution in [0.2, 0.25) is 0 Å². The van der Waals surface area contributed by atoms with Gasteiger partial charge >= 0.3 is 0 Å². The van der Waals surface area contributed by atoms with E-state index in [1.54, 1.807) is 6.20 Å². The molecular formula is C12H17N5. The Labute approximate surface area is 102 Å². The minimum absolute atomic E-state index is 0.244. The summed E-state index contributed by atoms with van der Waals surface area (Å²) in [6, 6.07) is 4.44. The zero-order chi connectivity index (χ0) is 12.3. The van der Waals surface area contributed by atoms with Gasteiger partial charge in [0.25, 0.3) is 0 Å². The number of rotatable bonds is 2. The van der Waals surface area contributed by atoms with Crippen LogP contribution in [0.4, 0.5) is 5.82 Å². The van der Waals surface area contributed by atoms with Crippen LogP contribution in [-0.4, -0.2) is 47.1 Å². The Morgan fingerprint density at radius 3 is 2.59 bits per heavy atom. The standard InChI is InChI=1S/C12H17N5/c1-10(2)16-5-7-17(8-6-16)12-3-4-14-11(9-13)15-12/h3-4,10H,5-8H2,1-2H3. The number of piperazine rings is 1. The molecular weight excluding hydrogens is 214 g/mol. The highest BCUT2D eigenvalue weighted by Crippen LogP contribution is 2.14. The van der Waals surface area contributed by atoms with Crippen molar-refractivity contribution in [1.29, 1.82) is 5.26 Å². The summed E-state index contributed by atoms with van der Waals surface area (Å²) in [6.45, 7) is 8.44. The molecule has 0 spiro atoms. The Kier molecular flexibility index (Phi) is 3.55. The van der Waals surface area contributed by atoms with E-state index >= 15 is 0 Å². The fraction of sp³-hybridized carbons (Fsp3) is 0.583. The molecule has 5 nitrogen and oxygen atoms in total. The summed E-state index contributed by atoms with van der Waals surface area (Å²) in [5.74, 6) is 1.11. The van der Waals surface area contributed by atoms with E-state index in [2.05, 4.69) is 33.6 Å². The van der Waals surface area contributed by atoms with E-state index in [-0.39, 0.29) is 5.82 Å². The van der Waals surface area contributed by atoms with Crippen molar-refractivity contribution in [2.75, 3.05) is 31.1 Å². The molecule has 2 heterocycles. The first-order valence-corrected chi connectivity index (χ1v) is 5.93. The zero-order valence-electron chi connectivity index (χ0n) is 10.3. The van der Waals surface area contributed by atoms with E-state index in [1.807, 2.05) is 12.1 Å². The highest BCUT2D eigenvalue weighted by molar-refractivity contribution is 5.39. The molecule has 1 aromatic heterocycles. The van der Waals surface area contributed by atoms with Gasteiger partial charge in [0, 0.05) is 38.4 Å². The molecule has 0 unspecified atom stereocenters. The average Bonchev–Trinajstić information content (AvgIpc) is 2.39. The minimum Gasteiger partial charge on any atom is -0.354 e. The lowest BCUT2D eigenvalue weighted by molar-refractivity contribution is 0.209. The van der Waals surface area contributed by atoms with Gasteiger partial charge < -0.3 is 4.90 Å². The predicted octanol–water partition coefficient (Wildman–Crippen LogP) is 0.879. The van der Waals surface area contributed by atoms with Crippen molar-refractivity contribution in [2.24, 2.45) is 0 Å². The van der Waals surface area contributed by atoms with Gasteiger partial charge in [-0.05, 0) is 19.9 Å². The molecule has 0 bridgehead atoms. The fourth-order valence-electron chi connectivity index (χ4n) is 2.05. The van der Waals surface area contributed by atoms with Crippen LogP contribution in [-0.2, 0) is 0 Å². The van der Waals surface area contributed by atoms with Gasteiger partial charge in [-0.15, -0.1) is 0 Å². The number of nitriles is 1. The van der Waals surface area contributed by atoms with Crippen LogP contribution in [0.15, 0.2) is 12.3 Å². The first-order chi connectivity index (χ1) is 8.20. The van der Waals surface area contributed by atoms with Gasteiger partial charge in [0.2, 0.25) is 5.82 Å². The molecule has 0 atom stereocenters. The third kappa shape index (κ3) is 2.71. The highest BCUT2D eigenvalue weighted by Gasteiger charge is 2.19.